The number of rotatable bonds is 6. The van der Waals surface area contributed by atoms with Gasteiger partial charge in [0, 0.05) is 22.6 Å². The number of para-hydroxylation sites is 1. The zero-order chi connectivity index (χ0) is 12.0. The SMILES string of the molecule is COc1ccccc1C(N)CSC(C)CO. The number of aliphatic hydroxyl groups excluding tert-OH is 1. The maximum absolute atomic E-state index is 8.93. The number of hydrogen-bond acceptors (Lipinski definition) is 4. The van der Waals surface area contributed by atoms with Gasteiger partial charge in [0.25, 0.3) is 0 Å². The highest BCUT2D eigenvalue weighted by Crippen LogP contribution is 2.26. The van der Waals surface area contributed by atoms with Gasteiger partial charge in [0.05, 0.1) is 13.7 Å². The predicted octanol–water partition coefficient (Wildman–Crippen LogP) is 1.81. The lowest BCUT2D eigenvalue weighted by atomic mass is 10.1. The fourth-order valence-corrected chi connectivity index (χ4v) is 2.20. The number of methoxy groups -OCH3 is 1. The van der Waals surface area contributed by atoms with Crippen LogP contribution in [0.5, 0.6) is 5.75 Å². The number of ether oxygens (including phenoxy) is 1. The van der Waals surface area contributed by atoms with Crippen LogP contribution in [-0.2, 0) is 0 Å². The van der Waals surface area contributed by atoms with E-state index in [0.717, 1.165) is 17.1 Å². The van der Waals surface area contributed by atoms with Gasteiger partial charge in [0.2, 0.25) is 0 Å². The number of benzene rings is 1. The van der Waals surface area contributed by atoms with Crippen molar-refractivity contribution in [2.24, 2.45) is 5.73 Å². The van der Waals surface area contributed by atoms with Crippen LogP contribution in [0.25, 0.3) is 0 Å². The Labute approximate surface area is 101 Å². The highest BCUT2D eigenvalue weighted by Gasteiger charge is 2.12. The molecule has 2 atom stereocenters. The van der Waals surface area contributed by atoms with Crippen LogP contribution in [0.4, 0.5) is 0 Å². The van der Waals surface area contributed by atoms with Crippen LogP contribution < -0.4 is 10.5 Å². The molecule has 0 aliphatic carbocycles. The summed E-state index contributed by atoms with van der Waals surface area (Å²) in [5, 5.41) is 9.16. The van der Waals surface area contributed by atoms with Gasteiger partial charge in [-0.2, -0.15) is 11.8 Å². The van der Waals surface area contributed by atoms with E-state index in [2.05, 4.69) is 0 Å². The maximum atomic E-state index is 8.93. The van der Waals surface area contributed by atoms with Gasteiger partial charge < -0.3 is 15.6 Å². The molecule has 0 aliphatic rings. The molecule has 1 aromatic carbocycles. The van der Waals surface area contributed by atoms with Crippen molar-refractivity contribution in [2.75, 3.05) is 19.5 Å². The molecule has 1 rings (SSSR count). The zero-order valence-corrected chi connectivity index (χ0v) is 10.5. The summed E-state index contributed by atoms with van der Waals surface area (Å²) in [6.07, 6.45) is 0. The van der Waals surface area contributed by atoms with Crippen LogP contribution in [-0.4, -0.2) is 29.8 Å². The molecule has 0 fully saturated rings. The molecule has 0 saturated carbocycles. The molecule has 0 amide bonds. The third kappa shape index (κ3) is 3.70. The molecule has 2 unspecified atom stereocenters. The molecule has 3 nitrogen and oxygen atoms in total. The maximum Gasteiger partial charge on any atom is 0.123 e. The fraction of sp³-hybridized carbons (Fsp3) is 0.500. The zero-order valence-electron chi connectivity index (χ0n) is 9.72. The van der Waals surface area contributed by atoms with Gasteiger partial charge in [-0.25, -0.2) is 0 Å². The molecule has 0 aliphatic heterocycles. The van der Waals surface area contributed by atoms with Crippen LogP contribution >= 0.6 is 11.8 Å². The van der Waals surface area contributed by atoms with E-state index in [9.17, 15) is 0 Å². The Hall–Kier alpha value is -0.710. The second-order valence-electron chi connectivity index (χ2n) is 3.67. The normalized spacial score (nSPS) is 14.5. The summed E-state index contributed by atoms with van der Waals surface area (Å²) < 4.78 is 5.26. The third-order valence-electron chi connectivity index (χ3n) is 2.36. The fourth-order valence-electron chi connectivity index (χ4n) is 1.38. The molecule has 0 spiro atoms. The summed E-state index contributed by atoms with van der Waals surface area (Å²) >= 11 is 1.67. The molecule has 4 heteroatoms. The van der Waals surface area contributed by atoms with Gasteiger partial charge in [-0.15, -0.1) is 0 Å². The van der Waals surface area contributed by atoms with Gasteiger partial charge >= 0.3 is 0 Å². The monoisotopic (exact) mass is 241 g/mol. The van der Waals surface area contributed by atoms with E-state index in [1.54, 1.807) is 18.9 Å². The summed E-state index contributed by atoms with van der Waals surface area (Å²) in [5.41, 5.74) is 7.11. The molecular weight excluding hydrogens is 222 g/mol. The standard InChI is InChI=1S/C12H19NO2S/c1-9(7-14)16-8-11(13)10-5-3-4-6-12(10)15-2/h3-6,9,11,14H,7-8,13H2,1-2H3. The lowest BCUT2D eigenvalue weighted by Gasteiger charge is -2.16. The molecule has 1 aromatic rings. The summed E-state index contributed by atoms with van der Waals surface area (Å²) in [6, 6.07) is 7.72. The van der Waals surface area contributed by atoms with E-state index in [4.69, 9.17) is 15.6 Å². The lowest BCUT2D eigenvalue weighted by Crippen LogP contribution is -2.16. The topological polar surface area (TPSA) is 55.5 Å². The average Bonchev–Trinajstić information content (AvgIpc) is 2.35. The van der Waals surface area contributed by atoms with Gasteiger partial charge in [0.1, 0.15) is 5.75 Å². The largest absolute Gasteiger partial charge is 0.496 e. The minimum absolute atomic E-state index is 0.0600. The van der Waals surface area contributed by atoms with Crippen molar-refractivity contribution in [1.82, 2.24) is 0 Å². The van der Waals surface area contributed by atoms with E-state index < -0.39 is 0 Å². The van der Waals surface area contributed by atoms with E-state index in [1.165, 1.54) is 0 Å². The molecule has 90 valence electrons. The number of aliphatic hydroxyl groups is 1. The van der Waals surface area contributed by atoms with Crippen molar-refractivity contribution in [3.05, 3.63) is 29.8 Å². The van der Waals surface area contributed by atoms with Crippen LogP contribution in [0.3, 0.4) is 0 Å². The molecule has 3 N–H and O–H groups in total. The van der Waals surface area contributed by atoms with Gasteiger partial charge in [-0.3, -0.25) is 0 Å². The molecule has 0 saturated heterocycles. The Morgan fingerprint density at radius 3 is 2.75 bits per heavy atom. The smallest absolute Gasteiger partial charge is 0.123 e. The first-order valence-electron chi connectivity index (χ1n) is 5.30. The number of nitrogens with two attached hydrogens (primary N) is 1. The van der Waals surface area contributed by atoms with Crippen LogP contribution in [0.1, 0.15) is 18.5 Å². The average molecular weight is 241 g/mol. The first-order valence-corrected chi connectivity index (χ1v) is 6.34. The van der Waals surface area contributed by atoms with Gasteiger partial charge in [0.15, 0.2) is 0 Å². The Bertz CT molecular complexity index is 320. The minimum atomic E-state index is -0.0600. The molecule has 16 heavy (non-hydrogen) atoms. The Balaban J connectivity index is 2.61. The number of thioether (sulfide) groups is 1. The first-order chi connectivity index (χ1) is 7.69. The van der Waals surface area contributed by atoms with E-state index in [0.29, 0.717) is 0 Å². The molecule has 0 bridgehead atoms. The molecule has 0 heterocycles. The number of hydrogen-bond donors (Lipinski definition) is 2. The lowest BCUT2D eigenvalue weighted by molar-refractivity contribution is 0.300. The van der Waals surface area contributed by atoms with Gasteiger partial charge in [-0.1, -0.05) is 25.1 Å². The summed E-state index contributed by atoms with van der Waals surface area (Å²) in [5.74, 6) is 1.61. The first kappa shape index (κ1) is 13.4. The van der Waals surface area contributed by atoms with E-state index in [-0.39, 0.29) is 17.9 Å². The Morgan fingerprint density at radius 1 is 1.44 bits per heavy atom. The second kappa shape index (κ2) is 6.78. The van der Waals surface area contributed by atoms with Crippen molar-refractivity contribution in [3.8, 4) is 5.75 Å². The Kier molecular flexibility index (Phi) is 5.66. The summed E-state index contributed by atoms with van der Waals surface area (Å²) in [7, 11) is 1.65. The predicted molar refractivity (Wildman–Crippen MR) is 68.9 cm³/mol. The Morgan fingerprint density at radius 2 is 2.12 bits per heavy atom. The van der Waals surface area contributed by atoms with Crippen molar-refractivity contribution >= 4 is 11.8 Å². The van der Waals surface area contributed by atoms with Crippen molar-refractivity contribution in [3.63, 3.8) is 0 Å². The van der Waals surface area contributed by atoms with Gasteiger partial charge in [-0.05, 0) is 6.07 Å². The molecule has 0 aromatic heterocycles. The van der Waals surface area contributed by atoms with Crippen LogP contribution in [0.2, 0.25) is 0 Å². The van der Waals surface area contributed by atoms with Crippen molar-refractivity contribution in [1.29, 1.82) is 0 Å². The second-order valence-corrected chi connectivity index (χ2v) is 5.15. The van der Waals surface area contributed by atoms with Crippen molar-refractivity contribution < 1.29 is 9.84 Å². The van der Waals surface area contributed by atoms with Crippen LogP contribution in [0.15, 0.2) is 24.3 Å². The molecular formula is C12H19NO2S. The van der Waals surface area contributed by atoms with Crippen LogP contribution in [0, 0.1) is 0 Å². The quantitative estimate of drug-likeness (QED) is 0.797. The molecule has 0 radical (unpaired) electrons. The van der Waals surface area contributed by atoms with E-state index >= 15 is 0 Å². The van der Waals surface area contributed by atoms with E-state index in [1.807, 2.05) is 31.2 Å². The third-order valence-corrected chi connectivity index (χ3v) is 3.63. The highest BCUT2D eigenvalue weighted by atomic mass is 32.2. The highest BCUT2D eigenvalue weighted by molar-refractivity contribution is 7.99. The minimum Gasteiger partial charge on any atom is -0.496 e. The summed E-state index contributed by atoms with van der Waals surface area (Å²) in [6.45, 7) is 2.17. The summed E-state index contributed by atoms with van der Waals surface area (Å²) in [4.78, 5) is 0. The van der Waals surface area contributed by atoms with Crippen molar-refractivity contribution in [2.45, 2.75) is 18.2 Å².